The van der Waals surface area contributed by atoms with Crippen LogP contribution in [0.2, 0.25) is 0 Å². The Morgan fingerprint density at radius 1 is 1.50 bits per heavy atom. The number of rotatable bonds is 6. The summed E-state index contributed by atoms with van der Waals surface area (Å²) in [6.07, 6.45) is 0.911. The van der Waals surface area contributed by atoms with E-state index in [1.165, 1.54) is 0 Å². The molecule has 1 atom stereocenters. The van der Waals surface area contributed by atoms with Gasteiger partial charge in [-0.25, -0.2) is 0 Å². The highest BCUT2D eigenvalue weighted by molar-refractivity contribution is 5.97. The largest absolute Gasteiger partial charge is 0.482 e. The number of aliphatic carboxylic acids is 1. The van der Waals surface area contributed by atoms with Crippen LogP contribution >= 0.6 is 0 Å². The summed E-state index contributed by atoms with van der Waals surface area (Å²) >= 11 is 0. The van der Waals surface area contributed by atoms with E-state index in [2.05, 4.69) is 6.92 Å². The summed E-state index contributed by atoms with van der Waals surface area (Å²) in [7, 11) is 1.72. The molecule has 2 rings (SSSR count). The monoisotopic (exact) mass is 306 g/mol. The average molecular weight is 306 g/mol. The number of hydrogen-bond acceptors (Lipinski definition) is 4. The molecule has 120 valence electrons. The van der Waals surface area contributed by atoms with Crippen molar-refractivity contribution in [2.24, 2.45) is 5.92 Å². The third kappa shape index (κ3) is 3.32. The first kappa shape index (κ1) is 16.1. The number of nitrogens with zero attached hydrogens (tertiary/aromatic N) is 2. The second kappa shape index (κ2) is 6.68. The smallest absolute Gasteiger partial charge is 0.308 e. The lowest BCUT2D eigenvalue weighted by Crippen LogP contribution is -2.36. The van der Waals surface area contributed by atoms with Crippen LogP contribution in [0.1, 0.15) is 20.3 Å². The molecular weight excluding hydrogens is 284 g/mol. The van der Waals surface area contributed by atoms with Crippen molar-refractivity contribution in [3.8, 4) is 5.75 Å². The molecule has 0 bridgehead atoms. The zero-order valence-electron chi connectivity index (χ0n) is 13.2. The van der Waals surface area contributed by atoms with Crippen LogP contribution in [-0.4, -0.2) is 43.7 Å². The Morgan fingerprint density at radius 3 is 2.86 bits per heavy atom. The summed E-state index contributed by atoms with van der Waals surface area (Å²) in [6.45, 7) is 4.99. The second-order valence-electron chi connectivity index (χ2n) is 5.58. The van der Waals surface area contributed by atoms with E-state index < -0.39 is 11.9 Å². The molecule has 0 aliphatic carbocycles. The second-order valence-corrected chi connectivity index (χ2v) is 5.58. The number of carbonyl (C=O) groups excluding carboxylic acids is 1. The van der Waals surface area contributed by atoms with Crippen molar-refractivity contribution in [2.45, 2.75) is 20.3 Å². The van der Waals surface area contributed by atoms with Crippen molar-refractivity contribution in [2.75, 3.05) is 36.5 Å². The molecular formula is C16H22N2O4. The summed E-state index contributed by atoms with van der Waals surface area (Å²) in [5.74, 6) is -0.688. The SMILES string of the molecule is CCCN(CC(C)C(=O)O)c1ccc2c(c1)N(C)C(=O)CO2. The third-order valence-electron chi connectivity index (χ3n) is 3.80. The Bertz CT molecular complexity index is 573. The summed E-state index contributed by atoms with van der Waals surface area (Å²) < 4.78 is 5.42. The molecule has 1 N–H and O–H groups in total. The number of likely N-dealkylation sites (N-methyl/N-ethyl adjacent to an activating group) is 1. The van der Waals surface area contributed by atoms with Crippen molar-refractivity contribution in [1.82, 2.24) is 0 Å². The lowest BCUT2D eigenvalue weighted by molar-refractivity contribution is -0.140. The first-order valence-corrected chi connectivity index (χ1v) is 7.45. The predicted octanol–water partition coefficient (Wildman–Crippen LogP) is 1.98. The molecule has 0 aromatic heterocycles. The number of carbonyl (C=O) groups is 2. The average Bonchev–Trinajstić information content (AvgIpc) is 2.50. The molecule has 0 saturated heterocycles. The van der Waals surface area contributed by atoms with E-state index >= 15 is 0 Å². The van der Waals surface area contributed by atoms with Gasteiger partial charge < -0.3 is 19.6 Å². The summed E-state index contributed by atoms with van der Waals surface area (Å²) in [4.78, 5) is 26.4. The van der Waals surface area contributed by atoms with E-state index in [9.17, 15) is 9.59 Å². The van der Waals surface area contributed by atoms with Gasteiger partial charge in [-0.2, -0.15) is 0 Å². The molecule has 1 heterocycles. The van der Waals surface area contributed by atoms with Crippen molar-refractivity contribution in [3.63, 3.8) is 0 Å². The quantitative estimate of drug-likeness (QED) is 0.870. The molecule has 6 heteroatoms. The molecule has 6 nitrogen and oxygen atoms in total. The molecule has 0 saturated carbocycles. The first-order valence-electron chi connectivity index (χ1n) is 7.45. The van der Waals surface area contributed by atoms with Gasteiger partial charge >= 0.3 is 5.97 Å². The van der Waals surface area contributed by atoms with Crippen LogP contribution in [0.15, 0.2) is 18.2 Å². The van der Waals surface area contributed by atoms with Crippen molar-refractivity contribution in [1.29, 1.82) is 0 Å². The van der Waals surface area contributed by atoms with Gasteiger partial charge in [-0.05, 0) is 24.6 Å². The van der Waals surface area contributed by atoms with Gasteiger partial charge in [-0.15, -0.1) is 0 Å². The van der Waals surface area contributed by atoms with E-state index in [0.29, 0.717) is 12.3 Å². The van der Waals surface area contributed by atoms with Gasteiger partial charge in [0.15, 0.2) is 6.61 Å². The minimum atomic E-state index is -0.810. The molecule has 1 amide bonds. The minimum absolute atomic E-state index is 0.0531. The zero-order chi connectivity index (χ0) is 16.3. The predicted molar refractivity (Wildman–Crippen MR) is 84.7 cm³/mol. The number of anilines is 2. The van der Waals surface area contributed by atoms with E-state index in [1.807, 2.05) is 23.1 Å². The summed E-state index contributed by atoms with van der Waals surface area (Å²) in [5, 5.41) is 9.12. The summed E-state index contributed by atoms with van der Waals surface area (Å²) in [6, 6.07) is 5.63. The number of benzene rings is 1. The Hall–Kier alpha value is -2.24. The molecule has 1 aliphatic rings. The molecule has 22 heavy (non-hydrogen) atoms. The van der Waals surface area contributed by atoms with Gasteiger partial charge in [-0.3, -0.25) is 9.59 Å². The maximum atomic E-state index is 11.7. The molecule has 0 radical (unpaired) electrons. The van der Waals surface area contributed by atoms with Gasteiger partial charge in [0.2, 0.25) is 0 Å². The van der Waals surface area contributed by atoms with Gasteiger partial charge in [0.1, 0.15) is 5.75 Å². The Balaban J connectivity index is 2.28. The van der Waals surface area contributed by atoms with Gasteiger partial charge in [-0.1, -0.05) is 13.8 Å². The molecule has 0 spiro atoms. The van der Waals surface area contributed by atoms with Crippen LogP contribution in [0.5, 0.6) is 5.75 Å². The highest BCUT2D eigenvalue weighted by Gasteiger charge is 2.24. The van der Waals surface area contributed by atoms with Crippen molar-refractivity contribution in [3.05, 3.63) is 18.2 Å². The Labute approximate surface area is 130 Å². The Morgan fingerprint density at radius 2 is 2.23 bits per heavy atom. The number of carboxylic acids is 1. The normalized spacial score (nSPS) is 15.0. The highest BCUT2D eigenvalue weighted by Crippen LogP contribution is 2.35. The number of hydrogen-bond donors (Lipinski definition) is 1. The number of fused-ring (bicyclic) bond motifs is 1. The zero-order valence-corrected chi connectivity index (χ0v) is 13.2. The molecule has 1 aromatic rings. The van der Waals surface area contributed by atoms with Crippen molar-refractivity contribution < 1.29 is 19.4 Å². The number of ether oxygens (including phenoxy) is 1. The van der Waals surface area contributed by atoms with E-state index in [0.717, 1.165) is 24.3 Å². The third-order valence-corrected chi connectivity index (χ3v) is 3.80. The maximum absolute atomic E-state index is 11.7. The van der Waals surface area contributed by atoms with Gasteiger partial charge in [0, 0.05) is 25.8 Å². The fourth-order valence-corrected chi connectivity index (χ4v) is 2.46. The first-order chi connectivity index (χ1) is 10.4. The molecule has 1 aromatic carbocycles. The molecule has 1 unspecified atom stereocenters. The van der Waals surface area contributed by atoms with Crippen LogP contribution in [0.3, 0.4) is 0 Å². The molecule has 0 fully saturated rings. The van der Waals surface area contributed by atoms with E-state index in [1.54, 1.807) is 18.9 Å². The lowest BCUT2D eigenvalue weighted by atomic mass is 10.1. The summed E-state index contributed by atoms with van der Waals surface area (Å²) in [5.41, 5.74) is 1.62. The van der Waals surface area contributed by atoms with E-state index in [4.69, 9.17) is 9.84 Å². The van der Waals surface area contributed by atoms with Crippen LogP contribution in [0.4, 0.5) is 11.4 Å². The van der Waals surface area contributed by atoms with Crippen LogP contribution in [0, 0.1) is 5.92 Å². The number of carboxylic acid groups (broad SMARTS) is 1. The maximum Gasteiger partial charge on any atom is 0.308 e. The standard InChI is InChI=1S/C16H22N2O4/c1-4-7-18(9-11(2)16(20)21)12-5-6-14-13(8-12)17(3)15(19)10-22-14/h5-6,8,11H,4,7,9-10H2,1-3H3,(H,20,21). The van der Waals surface area contributed by atoms with Crippen molar-refractivity contribution >= 4 is 23.3 Å². The van der Waals surface area contributed by atoms with Crippen LogP contribution < -0.4 is 14.5 Å². The fraction of sp³-hybridized carbons (Fsp3) is 0.500. The lowest BCUT2D eigenvalue weighted by Gasteiger charge is -2.30. The topological polar surface area (TPSA) is 70.1 Å². The molecule has 1 aliphatic heterocycles. The fourth-order valence-electron chi connectivity index (χ4n) is 2.46. The minimum Gasteiger partial charge on any atom is -0.482 e. The number of amides is 1. The van der Waals surface area contributed by atoms with Gasteiger partial charge in [0.25, 0.3) is 5.91 Å². The Kier molecular flexibility index (Phi) is 4.90. The highest BCUT2D eigenvalue weighted by atomic mass is 16.5. The van der Waals surface area contributed by atoms with Crippen LogP contribution in [0.25, 0.3) is 0 Å². The van der Waals surface area contributed by atoms with Crippen LogP contribution in [-0.2, 0) is 9.59 Å². The van der Waals surface area contributed by atoms with E-state index in [-0.39, 0.29) is 12.5 Å². The van der Waals surface area contributed by atoms with Gasteiger partial charge in [0.05, 0.1) is 11.6 Å².